The fourth-order valence-corrected chi connectivity index (χ4v) is 4.70. The van der Waals surface area contributed by atoms with Crippen molar-refractivity contribution in [2.75, 3.05) is 20.1 Å². The van der Waals surface area contributed by atoms with Crippen molar-refractivity contribution >= 4 is 59.0 Å². The van der Waals surface area contributed by atoms with Crippen molar-refractivity contribution in [1.82, 2.24) is 9.80 Å². The highest BCUT2D eigenvalue weighted by Crippen LogP contribution is 2.39. The lowest BCUT2D eigenvalue weighted by Gasteiger charge is -2.43. The van der Waals surface area contributed by atoms with E-state index in [2.05, 4.69) is 0 Å². The molecule has 2 aromatic carbocycles. The number of rotatable bonds is 4. The first-order chi connectivity index (χ1) is 14.7. The summed E-state index contributed by atoms with van der Waals surface area (Å²) in [6, 6.07) is 12.2. The lowest BCUT2D eigenvalue weighted by atomic mass is 9.84. The molecule has 1 saturated carbocycles. The van der Waals surface area contributed by atoms with Crippen molar-refractivity contribution in [3.8, 4) is 0 Å². The second-order valence-corrected chi connectivity index (χ2v) is 9.72. The zero-order chi connectivity index (χ0) is 22.3. The van der Waals surface area contributed by atoms with Gasteiger partial charge in [0.2, 0.25) is 5.91 Å². The Hall–Kier alpha value is -1.50. The Morgan fingerprint density at radius 2 is 1.72 bits per heavy atom. The van der Waals surface area contributed by atoms with Gasteiger partial charge in [-0.25, -0.2) is 0 Å². The van der Waals surface area contributed by atoms with Crippen LogP contribution in [0.1, 0.15) is 41.1 Å². The van der Waals surface area contributed by atoms with E-state index in [0.29, 0.717) is 40.1 Å². The molecule has 2 aromatic rings. The lowest BCUT2D eigenvalue weighted by molar-refractivity contribution is -0.135. The van der Waals surface area contributed by atoms with Gasteiger partial charge in [0, 0.05) is 42.7 Å². The zero-order valence-corrected chi connectivity index (χ0v) is 20.6. The minimum Gasteiger partial charge on any atom is -0.340 e. The fourth-order valence-electron chi connectivity index (χ4n) is 4.27. The Labute approximate surface area is 209 Å². The van der Waals surface area contributed by atoms with Crippen LogP contribution in [0.15, 0.2) is 42.5 Å². The van der Waals surface area contributed by atoms with E-state index in [9.17, 15) is 9.59 Å². The van der Waals surface area contributed by atoms with E-state index in [4.69, 9.17) is 40.5 Å². The highest BCUT2D eigenvalue weighted by molar-refractivity contribution is 6.42. The quantitative estimate of drug-likeness (QED) is 0.620. The number of halogens is 4. The van der Waals surface area contributed by atoms with Crippen LogP contribution in [0.2, 0.25) is 15.1 Å². The van der Waals surface area contributed by atoms with Crippen molar-refractivity contribution < 1.29 is 9.59 Å². The molecule has 0 spiro atoms. The van der Waals surface area contributed by atoms with Gasteiger partial charge in [-0.3, -0.25) is 9.59 Å². The Morgan fingerprint density at radius 1 is 1.06 bits per heavy atom. The molecule has 0 unspecified atom stereocenters. The SMILES string of the molecule is CN(C(=O)c1ccc(Cl)cc1)[C@@H]1CCN(C(=O)C2(N)CC2)C[C@H]1c1ccc(Cl)c(Cl)c1.Cl. The van der Waals surface area contributed by atoms with Crippen LogP contribution in [-0.2, 0) is 4.79 Å². The van der Waals surface area contributed by atoms with Crippen molar-refractivity contribution in [2.24, 2.45) is 5.73 Å². The number of hydrogen-bond donors (Lipinski definition) is 1. The number of likely N-dealkylation sites (N-methyl/N-ethyl adjacent to an activating group) is 1. The van der Waals surface area contributed by atoms with E-state index in [1.54, 1.807) is 42.3 Å². The van der Waals surface area contributed by atoms with Crippen LogP contribution in [0.25, 0.3) is 0 Å². The van der Waals surface area contributed by atoms with E-state index in [0.717, 1.165) is 18.4 Å². The van der Waals surface area contributed by atoms with Gasteiger partial charge in [0.05, 0.1) is 15.6 Å². The van der Waals surface area contributed by atoms with Gasteiger partial charge in [-0.1, -0.05) is 40.9 Å². The molecule has 1 aliphatic carbocycles. The Kier molecular flexibility index (Phi) is 7.68. The van der Waals surface area contributed by atoms with E-state index < -0.39 is 5.54 Å². The van der Waals surface area contributed by atoms with Gasteiger partial charge in [0.25, 0.3) is 5.91 Å². The van der Waals surface area contributed by atoms with E-state index in [-0.39, 0.29) is 36.2 Å². The molecule has 2 fully saturated rings. The summed E-state index contributed by atoms with van der Waals surface area (Å²) in [4.78, 5) is 29.7. The molecular weight excluding hydrogens is 492 g/mol. The Morgan fingerprint density at radius 3 is 2.31 bits per heavy atom. The molecule has 5 nitrogen and oxygen atoms in total. The molecule has 2 N–H and O–H groups in total. The lowest BCUT2D eigenvalue weighted by Crippen LogP contribution is -2.55. The number of carbonyl (C=O) groups excluding carboxylic acids is 2. The molecule has 0 aromatic heterocycles. The van der Waals surface area contributed by atoms with Gasteiger partial charge in [-0.05, 0) is 61.2 Å². The number of piperidine rings is 1. The van der Waals surface area contributed by atoms with Crippen LogP contribution in [0, 0.1) is 0 Å². The molecule has 172 valence electrons. The third-order valence-electron chi connectivity index (χ3n) is 6.36. The Balaban J connectivity index is 0.00000289. The fraction of sp³-hybridized carbons (Fsp3) is 0.391. The predicted molar refractivity (Wildman–Crippen MR) is 131 cm³/mol. The summed E-state index contributed by atoms with van der Waals surface area (Å²) >= 11 is 18.4. The summed E-state index contributed by atoms with van der Waals surface area (Å²) in [5.74, 6) is -0.220. The summed E-state index contributed by atoms with van der Waals surface area (Å²) in [6.45, 7) is 1.02. The molecule has 1 saturated heterocycles. The van der Waals surface area contributed by atoms with Crippen molar-refractivity contribution in [3.63, 3.8) is 0 Å². The number of nitrogens with two attached hydrogens (primary N) is 1. The maximum absolute atomic E-state index is 13.2. The van der Waals surface area contributed by atoms with E-state index in [1.165, 1.54) is 0 Å². The molecule has 2 aliphatic rings. The molecule has 1 aliphatic heterocycles. The molecule has 2 amide bonds. The summed E-state index contributed by atoms with van der Waals surface area (Å²) in [6.07, 6.45) is 2.08. The van der Waals surface area contributed by atoms with Crippen LogP contribution in [0.3, 0.4) is 0 Å². The topological polar surface area (TPSA) is 66.6 Å². The van der Waals surface area contributed by atoms with E-state index in [1.807, 2.05) is 17.0 Å². The van der Waals surface area contributed by atoms with Crippen LogP contribution < -0.4 is 5.73 Å². The zero-order valence-electron chi connectivity index (χ0n) is 17.6. The summed E-state index contributed by atoms with van der Waals surface area (Å²) < 4.78 is 0. The summed E-state index contributed by atoms with van der Waals surface area (Å²) in [7, 11) is 1.80. The van der Waals surface area contributed by atoms with Gasteiger partial charge in [0.1, 0.15) is 0 Å². The highest BCUT2D eigenvalue weighted by atomic mass is 35.5. The number of hydrogen-bond acceptors (Lipinski definition) is 3. The molecule has 9 heteroatoms. The third-order valence-corrected chi connectivity index (χ3v) is 7.35. The summed E-state index contributed by atoms with van der Waals surface area (Å²) in [5.41, 5.74) is 6.96. The van der Waals surface area contributed by atoms with Gasteiger partial charge in [-0.15, -0.1) is 12.4 Å². The molecule has 1 heterocycles. The van der Waals surface area contributed by atoms with Gasteiger partial charge in [-0.2, -0.15) is 0 Å². The average Bonchev–Trinajstić information content (AvgIpc) is 3.53. The molecule has 0 bridgehead atoms. The maximum atomic E-state index is 13.2. The van der Waals surface area contributed by atoms with Crippen LogP contribution in [-0.4, -0.2) is 53.3 Å². The van der Waals surface area contributed by atoms with Gasteiger partial charge in [0.15, 0.2) is 0 Å². The largest absolute Gasteiger partial charge is 0.340 e. The van der Waals surface area contributed by atoms with Gasteiger partial charge < -0.3 is 15.5 Å². The van der Waals surface area contributed by atoms with Crippen LogP contribution in [0.4, 0.5) is 0 Å². The first-order valence-electron chi connectivity index (χ1n) is 10.3. The average molecular weight is 517 g/mol. The minimum atomic E-state index is -0.722. The molecule has 0 radical (unpaired) electrons. The van der Waals surface area contributed by atoms with Crippen molar-refractivity contribution in [1.29, 1.82) is 0 Å². The maximum Gasteiger partial charge on any atom is 0.253 e. The third kappa shape index (κ3) is 5.02. The molecule has 2 atom stereocenters. The molecule has 32 heavy (non-hydrogen) atoms. The highest BCUT2D eigenvalue weighted by Gasteiger charge is 2.50. The molecule has 4 rings (SSSR count). The van der Waals surface area contributed by atoms with Crippen molar-refractivity contribution in [3.05, 3.63) is 68.7 Å². The van der Waals surface area contributed by atoms with Crippen LogP contribution >= 0.6 is 47.2 Å². The Bertz CT molecular complexity index is 1010. The van der Waals surface area contributed by atoms with Crippen LogP contribution in [0.5, 0.6) is 0 Å². The summed E-state index contributed by atoms with van der Waals surface area (Å²) in [5, 5.41) is 1.50. The minimum absolute atomic E-state index is 0. The number of amides is 2. The van der Waals surface area contributed by atoms with Gasteiger partial charge >= 0.3 is 0 Å². The molecular formula is C23H25Cl4N3O2. The second-order valence-electron chi connectivity index (χ2n) is 8.47. The monoisotopic (exact) mass is 515 g/mol. The van der Waals surface area contributed by atoms with Crippen molar-refractivity contribution in [2.45, 2.75) is 36.8 Å². The normalized spacial score (nSPS) is 21.5. The second kappa shape index (κ2) is 9.78. The number of carbonyl (C=O) groups is 2. The first kappa shape index (κ1) is 25.1. The number of benzene rings is 2. The smallest absolute Gasteiger partial charge is 0.253 e. The number of nitrogens with zero attached hydrogens (tertiary/aromatic N) is 2. The standard InChI is InChI=1S/C23H24Cl3N3O2.ClH/c1-28(21(30)14-2-5-16(24)6-3-14)20-8-11-29(22(31)23(27)9-10-23)13-17(20)15-4-7-18(25)19(26)12-15;/h2-7,12,17,20H,8-11,13,27H2,1H3;1H/t17-,20+;/m0./s1. The van der Waals surface area contributed by atoms with E-state index >= 15 is 0 Å². The first-order valence-corrected chi connectivity index (χ1v) is 11.4. The number of likely N-dealkylation sites (tertiary alicyclic amines) is 1. The predicted octanol–water partition coefficient (Wildman–Crippen LogP) is 5.02.